The summed E-state index contributed by atoms with van der Waals surface area (Å²) in [6.45, 7) is 4.20. The molecule has 2 aromatic rings. The minimum atomic E-state index is -0.0450. The van der Waals surface area contributed by atoms with Crippen LogP contribution < -0.4 is 20.7 Å². The van der Waals surface area contributed by atoms with E-state index in [0.717, 1.165) is 46.3 Å². The van der Waals surface area contributed by atoms with Crippen LogP contribution >= 0.6 is 23.5 Å². The molecule has 6 nitrogen and oxygen atoms in total. The third kappa shape index (κ3) is 6.35. The van der Waals surface area contributed by atoms with E-state index in [0.29, 0.717) is 11.7 Å². The quantitative estimate of drug-likeness (QED) is 0.451. The van der Waals surface area contributed by atoms with Gasteiger partial charge in [-0.05, 0) is 79.0 Å². The van der Waals surface area contributed by atoms with Crippen LogP contribution in [0.5, 0.6) is 5.75 Å². The van der Waals surface area contributed by atoms with Gasteiger partial charge in [-0.15, -0.1) is 11.8 Å². The summed E-state index contributed by atoms with van der Waals surface area (Å²) in [7, 11) is 1.62. The second kappa shape index (κ2) is 11.9. The van der Waals surface area contributed by atoms with Crippen molar-refractivity contribution in [2.75, 3.05) is 35.0 Å². The summed E-state index contributed by atoms with van der Waals surface area (Å²) < 4.78 is 5.17. The Morgan fingerprint density at radius 1 is 1.09 bits per heavy atom. The normalized spacial score (nSPS) is 24.0. The molecule has 4 rings (SSSR count). The molecule has 0 aliphatic carbocycles. The zero-order valence-corrected chi connectivity index (χ0v) is 22.0. The average Bonchev–Trinajstić information content (AvgIpc) is 3.39. The van der Waals surface area contributed by atoms with Crippen molar-refractivity contribution in [3.05, 3.63) is 65.9 Å². The molecule has 0 aromatic heterocycles. The number of thioether (sulfide) groups is 2. The number of carbonyl (C=O) groups is 2. The van der Waals surface area contributed by atoms with Crippen LogP contribution in [0, 0.1) is 17.8 Å². The second-order valence-corrected chi connectivity index (χ2v) is 11.3. The Bertz CT molecular complexity index is 1050. The van der Waals surface area contributed by atoms with Crippen molar-refractivity contribution in [2.45, 2.75) is 25.6 Å². The van der Waals surface area contributed by atoms with Crippen LogP contribution in [0.2, 0.25) is 0 Å². The second-order valence-electron chi connectivity index (χ2n) is 9.02. The van der Waals surface area contributed by atoms with Crippen LogP contribution in [0.25, 0.3) is 0 Å². The SMILES string of the molecule is COc1ccc(NC(=O)CSC2NC(C)=C(C(=O)Nc3ccccc3)C(C3CCSC3)C2C)cc1. The lowest BCUT2D eigenvalue weighted by Gasteiger charge is -2.41. The van der Waals surface area contributed by atoms with E-state index in [1.54, 1.807) is 18.9 Å². The maximum Gasteiger partial charge on any atom is 0.253 e. The van der Waals surface area contributed by atoms with Gasteiger partial charge in [0.25, 0.3) is 5.91 Å². The third-order valence-corrected chi connectivity index (χ3v) is 9.18. The Labute approximate surface area is 216 Å². The molecule has 2 amide bonds. The molecule has 8 heteroatoms. The van der Waals surface area contributed by atoms with Gasteiger partial charge >= 0.3 is 0 Å². The zero-order chi connectivity index (χ0) is 24.8. The number of hydrogen-bond donors (Lipinski definition) is 3. The van der Waals surface area contributed by atoms with Crippen molar-refractivity contribution in [1.29, 1.82) is 0 Å². The minimum absolute atomic E-state index is 0.0318. The molecule has 1 fully saturated rings. The van der Waals surface area contributed by atoms with Crippen molar-refractivity contribution in [3.8, 4) is 5.75 Å². The van der Waals surface area contributed by atoms with Crippen LogP contribution in [-0.4, -0.2) is 41.6 Å². The van der Waals surface area contributed by atoms with Gasteiger partial charge in [0.15, 0.2) is 0 Å². The van der Waals surface area contributed by atoms with Crippen LogP contribution in [0.1, 0.15) is 20.3 Å². The molecule has 1 saturated heterocycles. The number of nitrogens with one attached hydrogen (secondary N) is 3. The Morgan fingerprint density at radius 3 is 2.46 bits per heavy atom. The molecule has 0 saturated carbocycles. The molecule has 4 atom stereocenters. The first-order chi connectivity index (χ1) is 17.0. The molecular weight excluding hydrogens is 478 g/mol. The number of benzene rings is 2. The summed E-state index contributed by atoms with van der Waals surface area (Å²) in [5.74, 6) is 4.03. The molecule has 0 spiro atoms. The Balaban J connectivity index is 1.45. The summed E-state index contributed by atoms with van der Waals surface area (Å²) in [6, 6.07) is 16.9. The number of para-hydroxylation sites is 1. The summed E-state index contributed by atoms with van der Waals surface area (Å²) >= 11 is 3.57. The average molecular weight is 512 g/mol. The summed E-state index contributed by atoms with van der Waals surface area (Å²) in [4.78, 5) is 26.1. The van der Waals surface area contributed by atoms with Crippen molar-refractivity contribution in [1.82, 2.24) is 5.32 Å². The van der Waals surface area contributed by atoms with Crippen molar-refractivity contribution in [2.24, 2.45) is 17.8 Å². The van der Waals surface area contributed by atoms with Crippen molar-refractivity contribution in [3.63, 3.8) is 0 Å². The van der Waals surface area contributed by atoms with Gasteiger partial charge in [-0.2, -0.15) is 11.8 Å². The standard InChI is InChI=1S/C27H33N3O3S2/c1-17-24(19-13-14-34-15-19)25(26(32)30-20-7-5-4-6-8-20)18(2)28-27(17)35-16-23(31)29-21-9-11-22(33-3)12-10-21/h4-12,17,19,24,27-28H,13-16H2,1-3H3,(H,29,31)(H,30,32). The number of methoxy groups -OCH3 is 1. The van der Waals surface area contributed by atoms with E-state index in [9.17, 15) is 9.59 Å². The van der Waals surface area contributed by atoms with Crippen LogP contribution in [0.4, 0.5) is 11.4 Å². The lowest BCUT2D eigenvalue weighted by atomic mass is 9.73. The Morgan fingerprint density at radius 2 is 1.80 bits per heavy atom. The van der Waals surface area contributed by atoms with Crippen LogP contribution in [-0.2, 0) is 9.59 Å². The summed E-state index contributed by atoms with van der Waals surface area (Å²) in [5, 5.41) is 9.66. The molecule has 2 aliphatic rings. The fraction of sp³-hybridized carbons (Fsp3) is 0.407. The smallest absolute Gasteiger partial charge is 0.253 e. The number of amides is 2. The molecule has 2 aliphatic heterocycles. The van der Waals surface area contributed by atoms with Gasteiger partial charge in [0.1, 0.15) is 5.75 Å². The molecule has 35 heavy (non-hydrogen) atoms. The molecule has 2 heterocycles. The van der Waals surface area contributed by atoms with Gasteiger partial charge in [-0.1, -0.05) is 25.1 Å². The first-order valence-electron chi connectivity index (χ1n) is 11.9. The van der Waals surface area contributed by atoms with E-state index < -0.39 is 0 Å². The number of hydrogen-bond acceptors (Lipinski definition) is 6. The molecular formula is C27H33N3O3S2. The van der Waals surface area contributed by atoms with E-state index in [1.807, 2.05) is 73.3 Å². The maximum atomic E-state index is 13.4. The van der Waals surface area contributed by atoms with Crippen LogP contribution in [0.15, 0.2) is 65.9 Å². The van der Waals surface area contributed by atoms with E-state index >= 15 is 0 Å². The lowest BCUT2D eigenvalue weighted by molar-refractivity contribution is -0.114. The first kappa shape index (κ1) is 25.5. The first-order valence-corrected chi connectivity index (χ1v) is 14.1. The minimum Gasteiger partial charge on any atom is -0.497 e. The summed E-state index contributed by atoms with van der Waals surface area (Å²) in [5.41, 5.74) is 3.31. The Kier molecular flexibility index (Phi) is 8.68. The highest BCUT2D eigenvalue weighted by molar-refractivity contribution is 8.00. The number of anilines is 2. The topological polar surface area (TPSA) is 79.5 Å². The van der Waals surface area contributed by atoms with Gasteiger partial charge in [0.2, 0.25) is 5.91 Å². The van der Waals surface area contributed by atoms with Gasteiger partial charge in [0.05, 0.1) is 18.2 Å². The lowest BCUT2D eigenvalue weighted by Crippen LogP contribution is -2.47. The number of carbonyl (C=O) groups excluding carboxylic acids is 2. The highest BCUT2D eigenvalue weighted by Crippen LogP contribution is 2.44. The predicted octanol–water partition coefficient (Wildman–Crippen LogP) is 5.21. The van der Waals surface area contributed by atoms with E-state index in [4.69, 9.17) is 4.74 Å². The molecule has 0 radical (unpaired) electrons. The number of ether oxygens (including phenoxy) is 1. The van der Waals surface area contributed by atoms with Gasteiger partial charge in [0, 0.05) is 22.6 Å². The Hall–Kier alpha value is -2.58. The third-order valence-electron chi connectivity index (χ3n) is 6.66. The fourth-order valence-electron chi connectivity index (χ4n) is 4.90. The highest BCUT2D eigenvalue weighted by atomic mass is 32.2. The van der Waals surface area contributed by atoms with Gasteiger partial charge in [-0.25, -0.2) is 0 Å². The van der Waals surface area contributed by atoms with Gasteiger partial charge in [-0.3, -0.25) is 9.59 Å². The summed E-state index contributed by atoms with van der Waals surface area (Å²) in [6.07, 6.45) is 1.12. The largest absolute Gasteiger partial charge is 0.497 e. The number of rotatable bonds is 8. The van der Waals surface area contributed by atoms with E-state index in [-0.39, 0.29) is 29.0 Å². The highest BCUT2D eigenvalue weighted by Gasteiger charge is 2.42. The van der Waals surface area contributed by atoms with Crippen LogP contribution in [0.3, 0.4) is 0 Å². The molecule has 0 bridgehead atoms. The molecule has 4 unspecified atom stereocenters. The zero-order valence-electron chi connectivity index (χ0n) is 20.4. The van der Waals surface area contributed by atoms with E-state index in [1.165, 1.54) is 0 Å². The van der Waals surface area contributed by atoms with Gasteiger partial charge < -0.3 is 20.7 Å². The van der Waals surface area contributed by atoms with Crippen molar-refractivity contribution >= 4 is 46.7 Å². The monoisotopic (exact) mass is 511 g/mol. The predicted molar refractivity (Wildman–Crippen MR) is 147 cm³/mol. The van der Waals surface area contributed by atoms with E-state index in [2.05, 4.69) is 22.9 Å². The molecule has 186 valence electrons. The number of allylic oxidation sites excluding steroid dienone is 1. The van der Waals surface area contributed by atoms with Crippen molar-refractivity contribution < 1.29 is 14.3 Å². The maximum absolute atomic E-state index is 13.4. The molecule has 2 aromatic carbocycles. The fourth-order valence-corrected chi connectivity index (χ4v) is 7.35. The molecule has 3 N–H and O–H groups in total.